The summed E-state index contributed by atoms with van der Waals surface area (Å²) in [5.74, 6) is 1.83. The number of benzene rings is 10. The lowest BCUT2D eigenvalue weighted by Crippen LogP contribution is -2.01. The Hall–Kier alpha value is -8.38. The number of aromatic nitrogens is 4. The van der Waals surface area contributed by atoms with Gasteiger partial charge in [0.05, 0.1) is 0 Å². The molecule has 0 aliphatic carbocycles. The van der Waals surface area contributed by atoms with Crippen LogP contribution in [0.1, 0.15) is 0 Å². The maximum Gasteiger partial charge on any atom is 0.164 e. The number of hydrogen-bond donors (Lipinski definition) is 0. The highest BCUT2D eigenvalue weighted by molar-refractivity contribution is 7.25. The summed E-state index contributed by atoms with van der Waals surface area (Å²) in [5, 5.41) is 12.0. The molecule has 5 heteroatoms. The number of pyridine rings is 1. The molecule has 0 saturated carbocycles. The quantitative estimate of drug-likeness (QED) is 0.156. The monoisotopic (exact) mass is 844 g/mol. The fourth-order valence-corrected chi connectivity index (χ4v) is 10.8. The Morgan fingerprint density at radius 2 is 0.723 bits per heavy atom. The van der Waals surface area contributed by atoms with Crippen LogP contribution in [0.2, 0.25) is 0 Å². The van der Waals surface area contributed by atoms with Crippen LogP contribution in [0, 0.1) is 0 Å². The summed E-state index contributed by atoms with van der Waals surface area (Å²) in [6.07, 6.45) is 3.69. The lowest BCUT2D eigenvalue weighted by atomic mass is 9.87. The van der Waals surface area contributed by atoms with E-state index in [1.807, 2.05) is 23.6 Å². The summed E-state index contributed by atoms with van der Waals surface area (Å²) in [7, 11) is 0. The summed E-state index contributed by atoms with van der Waals surface area (Å²) < 4.78 is 2.49. The maximum atomic E-state index is 5.43. The van der Waals surface area contributed by atoms with Crippen LogP contribution in [0.3, 0.4) is 0 Å². The molecule has 4 nitrogen and oxygen atoms in total. The van der Waals surface area contributed by atoms with E-state index in [-0.39, 0.29) is 0 Å². The molecule has 10 aromatic carbocycles. The first-order valence-corrected chi connectivity index (χ1v) is 22.7. The van der Waals surface area contributed by atoms with Crippen molar-refractivity contribution in [2.24, 2.45) is 0 Å². The van der Waals surface area contributed by atoms with Gasteiger partial charge in [-0.3, -0.25) is 4.98 Å². The van der Waals surface area contributed by atoms with Crippen molar-refractivity contribution in [3.8, 4) is 67.5 Å². The molecule has 0 N–H and O–H groups in total. The second-order valence-electron chi connectivity index (χ2n) is 16.6. The Morgan fingerprint density at radius 1 is 0.277 bits per heavy atom. The van der Waals surface area contributed by atoms with Crippen LogP contribution in [-0.4, -0.2) is 19.9 Å². The zero-order valence-electron chi connectivity index (χ0n) is 35.0. The van der Waals surface area contributed by atoms with Gasteiger partial charge in [-0.15, -0.1) is 11.3 Å². The van der Waals surface area contributed by atoms with Crippen molar-refractivity contribution in [1.82, 2.24) is 19.9 Å². The molecule has 3 heterocycles. The van der Waals surface area contributed by atoms with E-state index in [1.165, 1.54) is 74.4 Å². The van der Waals surface area contributed by atoms with Gasteiger partial charge in [-0.1, -0.05) is 146 Å². The van der Waals surface area contributed by atoms with Crippen molar-refractivity contribution in [2.45, 2.75) is 0 Å². The van der Waals surface area contributed by atoms with Gasteiger partial charge in [-0.05, 0) is 137 Å². The van der Waals surface area contributed by atoms with E-state index in [9.17, 15) is 0 Å². The molecular formula is C60H36N4S. The minimum absolute atomic E-state index is 0.605. The van der Waals surface area contributed by atoms with Crippen molar-refractivity contribution in [3.05, 3.63) is 219 Å². The summed E-state index contributed by atoms with van der Waals surface area (Å²) in [6, 6.07) is 74.1. The van der Waals surface area contributed by atoms with Gasteiger partial charge >= 0.3 is 0 Å². The summed E-state index contributed by atoms with van der Waals surface area (Å²) >= 11 is 1.81. The van der Waals surface area contributed by atoms with Gasteiger partial charge in [0, 0.05) is 49.3 Å². The number of rotatable bonds is 6. The first kappa shape index (κ1) is 37.2. The average molecular weight is 845 g/mol. The van der Waals surface area contributed by atoms with Gasteiger partial charge in [0.25, 0.3) is 0 Å². The first-order chi connectivity index (χ1) is 32.2. The van der Waals surface area contributed by atoms with E-state index in [0.717, 1.165) is 38.9 Å². The fourth-order valence-electron chi connectivity index (χ4n) is 9.67. The Morgan fingerprint density at radius 3 is 1.28 bits per heavy atom. The van der Waals surface area contributed by atoms with Gasteiger partial charge in [-0.2, -0.15) is 0 Å². The molecule has 0 aliphatic rings. The van der Waals surface area contributed by atoms with Crippen LogP contribution in [0.15, 0.2) is 219 Å². The molecule has 0 radical (unpaired) electrons. The Bertz CT molecular complexity index is 3760. The van der Waals surface area contributed by atoms with Crippen LogP contribution in [0.5, 0.6) is 0 Å². The molecule has 0 atom stereocenters. The zero-order valence-corrected chi connectivity index (χ0v) is 35.8. The number of thiophene rings is 1. The second-order valence-corrected chi connectivity index (χ2v) is 17.7. The second kappa shape index (κ2) is 15.2. The van der Waals surface area contributed by atoms with Gasteiger partial charge in [0.2, 0.25) is 0 Å². The van der Waals surface area contributed by atoms with Crippen LogP contribution >= 0.6 is 11.3 Å². The summed E-state index contributed by atoms with van der Waals surface area (Å²) in [6.45, 7) is 0. The molecule has 0 aliphatic heterocycles. The molecule has 0 bridgehead atoms. The molecule has 0 unspecified atom stereocenters. The largest absolute Gasteiger partial charge is 0.264 e. The van der Waals surface area contributed by atoms with Crippen molar-refractivity contribution >= 4 is 74.6 Å². The number of hydrogen-bond acceptors (Lipinski definition) is 5. The zero-order chi connectivity index (χ0) is 42.8. The van der Waals surface area contributed by atoms with E-state index in [1.54, 1.807) is 6.20 Å². The predicted molar refractivity (Wildman–Crippen MR) is 273 cm³/mol. The van der Waals surface area contributed by atoms with Crippen molar-refractivity contribution in [2.75, 3.05) is 0 Å². The maximum absolute atomic E-state index is 5.43. The lowest BCUT2D eigenvalue weighted by molar-refractivity contribution is 1.07. The standard InChI is InChI=1S/C60H36N4S/c1-5-17-48-39(12-1)30-40-13-2-6-18-49(40)56(48)45-32-46(57-50-19-7-3-14-41(50)31-42-15-4-8-20-51(42)57)34-47(33-45)60-63-58(38-25-23-37(24-26-38)44-16-11-29-61-36-44)62-59(64-60)43-27-28-55-53(35-43)52-21-9-10-22-54(52)65-55/h1-36H. The molecule has 0 amide bonds. The van der Waals surface area contributed by atoms with Crippen LogP contribution in [-0.2, 0) is 0 Å². The molecule has 0 fully saturated rings. The molecule has 0 saturated heterocycles. The minimum Gasteiger partial charge on any atom is -0.264 e. The third-order valence-corrected chi connectivity index (χ3v) is 13.9. The van der Waals surface area contributed by atoms with Crippen LogP contribution < -0.4 is 0 Å². The van der Waals surface area contributed by atoms with Crippen molar-refractivity contribution in [1.29, 1.82) is 0 Å². The van der Waals surface area contributed by atoms with Crippen LogP contribution in [0.4, 0.5) is 0 Å². The molecule has 65 heavy (non-hydrogen) atoms. The highest BCUT2D eigenvalue weighted by Crippen LogP contribution is 2.44. The molecule has 13 rings (SSSR count). The topological polar surface area (TPSA) is 51.6 Å². The molecule has 3 aromatic heterocycles. The normalized spacial score (nSPS) is 11.7. The van der Waals surface area contributed by atoms with Gasteiger partial charge < -0.3 is 0 Å². The van der Waals surface area contributed by atoms with Gasteiger partial charge in [0.15, 0.2) is 17.5 Å². The minimum atomic E-state index is 0.605. The highest BCUT2D eigenvalue weighted by atomic mass is 32.1. The third-order valence-electron chi connectivity index (χ3n) is 12.7. The SMILES string of the molecule is c1cncc(-c2ccc(-c3nc(-c4cc(-c5c6ccccc6cc6ccccc56)cc(-c5c6ccccc6cc6ccccc56)c4)nc(-c4ccc5sc6ccccc6c5c4)n3)cc2)c1. The molecule has 302 valence electrons. The Balaban J connectivity index is 1.10. The lowest BCUT2D eigenvalue weighted by Gasteiger charge is -2.18. The van der Waals surface area contributed by atoms with E-state index in [4.69, 9.17) is 15.0 Å². The van der Waals surface area contributed by atoms with E-state index in [0.29, 0.717) is 17.5 Å². The van der Waals surface area contributed by atoms with Crippen molar-refractivity contribution in [3.63, 3.8) is 0 Å². The van der Waals surface area contributed by atoms with Crippen LogP contribution in [0.25, 0.3) is 131 Å². The first-order valence-electron chi connectivity index (χ1n) is 21.8. The van der Waals surface area contributed by atoms with E-state index < -0.39 is 0 Å². The van der Waals surface area contributed by atoms with E-state index >= 15 is 0 Å². The average Bonchev–Trinajstić information content (AvgIpc) is 3.75. The fraction of sp³-hybridized carbons (Fsp3) is 0. The molecule has 0 spiro atoms. The number of nitrogens with zero attached hydrogens (tertiary/aromatic N) is 4. The third kappa shape index (κ3) is 6.44. The Labute approximate surface area is 378 Å². The smallest absolute Gasteiger partial charge is 0.164 e. The van der Waals surface area contributed by atoms with Gasteiger partial charge in [-0.25, -0.2) is 15.0 Å². The predicted octanol–water partition coefficient (Wildman–Crippen LogP) is 16.2. The number of fused-ring (bicyclic) bond motifs is 7. The van der Waals surface area contributed by atoms with Gasteiger partial charge in [0.1, 0.15) is 0 Å². The van der Waals surface area contributed by atoms with Crippen molar-refractivity contribution < 1.29 is 0 Å². The van der Waals surface area contributed by atoms with E-state index in [2.05, 4.69) is 205 Å². The molecule has 13 aromatic rings. The summed E-state index contributed by atoms with van der Waals surface area (Å²) in [4.78, 5) is 20.4. The summed E-state index contributed by atoms with van der Waals surface area (Å²) in [5.41, 5.74) is 9.44. The highest BCUT2D eigenvalue weighted by Gasteiger charge is 2.20. The Kier molecular flexibility index (Phi) is 8.68. The molecular weight excluding hydrogens is 809 g/mol.